The monoisotopic (exact) mass is 381 g/mol. The van der Waals surface area contributed by atoms with Crippen molar-refractivity contribution in [3.05, 3.63) is 77.9 Å². The summed E-state index contributed by atoms with van der Waals surface area (Å²) < 4.78 is 7.39. The van der Waals surface area contributed by atoms with Crippen LogP contribution in [0.4, 0.5) is 5.69 Å². The van der Waals surface area contributed by atoms with Crippen LogP contribution in [0.2, 0.25) is 0 Å². The third kappa shape index (κ3) is 3.32. The second-order valence-electron chi connectivity index (χ2n) is 6.68. The number of carbonyl (C=O) groups excluding carboxylic acids is 1. The Morgan fingerprint density at radius 2 is 1.76 bits per heavy atom. The van der Waals surface area contributed by atoms with Crippen molar-refractivity contribution in [1.82, 2.24) is 4.57 Å². The lowest BCUT2D eigenvalue weighted by molar-refractivity contribution is -0.112. The molecule has 0 fully saturated rings. The predicted molar refractivity (Wildman–Crippen MR) is 116 cm³/mol. The molecule has 0 bridgehead atoms. The summed E-state index contributed by atoms with van der Waals surface area (Å²) in [5, 5.41) is 14.5. The van der Waals surface area contributed by atoms with E-state index in [-0.39, 0.29) is 5.57 Å². The molecular formula is C24H19N3O2. The van der Waals surface area contributed by atoms with Crippen LogP contribution >= 0.6 is 0 Å². The average molecular weight is 381 g/mol. The Labute approximate surface area is 168 Å². The highest BCUT2D eigenvalue weighted by molar-refractivity contribution is 6.11. The van der Waals surface area contributed by atoms with Gasteiger partial charge in [0.15, 0.2) is 0 Å². The first-order chi connectivity index (χ1) is 14.1. The number of anilines is 1. The second kappa shape index (κ2) is 7.53. The molecule has 1 aromatic heterocycles. The van der Waals surface area contributed by atoms with Gasteiger partial charge in [-0.2, -0.15) is 5.26 Å². The van der Waals surface area contributed by atoms with Crippen molar-refractivity contribution in [2.75, 3.05) is 12.4 Å². The Balaban J connectivity index is 1.71. The standard InChI is InChI=1S/C24H19N3O2/c1-27-21-9-5-3-7-18(21)19-14-16(11-12-22(19)27)13-17(15-25)24(28)26-20-8-4-6-10-23(20)29-2/h3-14H,1-2H3,(H,26,28)/b17-13+. The Bertz CT molecular complexity index is 1310. The van der Waals surface area contributed by atoms with Crippen LogP contribution < -0.4 is 10.1 Å². The van der Waals surface area contributed by atoms with Gasteiger partial charge in [-0.1, -0.05) is 36.4 Å². The van der Waals surface area contributed by atoms with E-state index in [0.717, 1.165) is 27.4 Å². The van der Waals surface area contributed by atoms with Crippen LogP contribution in [-0.4, -0.2) is 17.6 Å². The van der Waals surface area contributed by atoms with E-state index in [4.69, 9.17) is 4.74 Å². The van der Waals surface area contributed by atoms with Gasteiger partial charge < -0.3 is 14.6 Å². The van der Waals surface area contributed by atoms with Gasteiger partial charge in [0, 0.05) is 28.9 Å². The van der Waals surface area contributed by atoms with Crippen molar-refractivity contribution >= 4 is 39.5 Å². The molecule has 4 rings (SSSR count). The molecule has 0 aliphatic carbocycles. The molecule has 3 aromatic carbocycles. The van der Waals surface area contributed by atoms with Gasteiger partial charge in [0.05, 0.1) is 12.8 Å². The van der Waals surface area contributed by atoms with E-state index in [1.165, 1.54) is 7.11 Å². The highest BCUT2D eigenvalue weighted by atomic mass is 16.5. The predicted octanol–water partition coefficient (Wildman–Crippen LogP) is 4.89. The minimum Gasteiger partial charge on any atom is -0.495 e. The summed E-state index contributed by atoms with van der Waals surface area (Å²) in [6.07, 6.45) is 1.60. The Morgan fingerprint density at radius 1 is 1.03 bits per heavy atom. The van der Waals surface area contributed by atoms with Crippen LogP contribution in [0.5, 0.6) is 5.75 Å². The molecule has 1 heterocycles. The van der Waals surface area contributed by atoms with E-state index < -0.39 is 5.91 Å². The number of benzene rings is 3. The molecule has 29 heavy (non-hydrogen) atoms. The van der Waals surface area contributed by atoms with Crippen molar-refractivity contribution in [3.8, 4) is 11.8 Å². The number of nitriles is 1. The molecule has 1 N–H and O–H groups in total. The summed E-state index contributed by atoms with van der Waals surface area (Å²) in [6, 6.07) is 23.2. The third-order valence-electron chi connectivity index (χ3n) is 4.97. The van der Waals surface area contributed by atoms with Gasteiger partial charge in [-0.3, -0.25) is 4.79 Å². The number of nitrogens with one attached hydrogen (secondary N) is 1. The Kier molecular flexibility index (Phi) is 4.76. The van der Waals surface area contributed by atoms with Crippen molar-refractivity contribution in [2.24, 2.45) is 7.05 Å². The normalized spacial score (nSPS) is 11.4. The lowest BCUT2D eigenvalue weighted by Crippen LogP contribution is -2.14. The molecule has 0 radical (unpaired) electrons. The van der Waals surface area contributed by atoms with Crippen LogP contribution in [0.1, 0.15) is 5.56 Å². The van der Waals surface area contributed by atoms with Crippen molar-refractivity contribution < 1.29 is 9.53 Å². The van der Waals surface area contributed by atoms with E-state index in [0.29, 0.717) is 11.4 Å². The fourth-order valence-electron chi connectivity index (χ4n) is 3.53. The molecule has 5 heteroatoms. The summed E-state index contributed by atoms with van der Waals surface area (Å²) in [6.45, 7) is 0. The minimum atomic E-state index is -0.477. The van der Waals surface area contributed by atoms with E-state index in [1.807, 2.05) is 49.5 Å². The van der Waals surface area contributed by atoms with E-state index in [2.05, 4.69) is 22.0 Å². The molecule has 0 unspecified atom stereocenters. The SMILES string of the molecule is COc1ccccc1NC(=O)/C(C#N)=C/c1ccc2c(c1)c1ccccc1n2C. The van der Waals surface area contributed by atoms with Crippen molar-refractivity contribution in [2.45, 2.75) is 0 Å². The molecule has 0 saturated heterocycles. The molecule has 4 aromatic rings. The fourth-order valence-corrected chi connectivity index (χ4v) is 3.53. The summed E-state index contributed by atoms with van der Waals surface area (Å²) >= 11 is 0. The van der Waals surface area contributed by atoms with Crippen LogP contribution in [0.25, 0.3) is 27.9 Å². The van der Waals surface area contributed by atoms with Gasteiger partial charge in [0.25, 0.3) is 5.91 Å². The number of carbonyl (C=O) groups is 1. The Hall–Kier alpha value is -4.04. The quantitative estimate of drug-likeness (QED) is 0.404. The van der Waals surface area contributed by atoms with E-state index in [1.54, 1.807) is 24.3 Å². The smallest absolute Gasteiger partial charge is 0.266 e. The molecule has 0 aliphatic heterocycles. The number of para-hydroxylation sites is 3. The van der Waals surface area contributed by atoms with Crippen molar-refractivity contribution in [1.29, 1.82) is 5.26 Å². The molecular weight excluding hydrogens is 362 g/mol. The number of hydrogen-bond acceptors (Lipinski definition) is 3. The van der Waals surface area contributed by atoms with Gasteiger partial charge in [0.2, 0.25) is 0 Å². The zero-order valence-corrected chi connectivity index (χ0v) is 16.1. The number of aromatic nitrogens is 1. The number of ether oxygens (including phenoxy) is 1. The van der Waals surface area contributed by atoms with Crippen LogP contribution in [-0.2, 0) is 11.8 Å². The molecule has 0 spiro atoms. The molecule has 0 saturated carbocycles. The minimum absolute atomic E-state index is 0.0236. The highest BCUT2D eigenvalue weighted by Gasteiger charge is 2.13. The number of aryl methyl sites for hydroxylation is 1. The summed E-state index contributed by atoms with van der Waals surface area (Å²) in [7, 11) is 3.56. The van der Waals surface area contributed by atoms with Gasteiger partial charge in [-0.15, -0.1) is 0 Å². The van der Waals surface area contributed by atoms with E-state index >= 15 is 0 Å². The maximum absolute atomic E-state index is 12.6. The summed E-state index contributed by atoms with van der Waals surface area (Å²) in [5.74, 6) is 0.0605. The van der Waals surface area contributed by atoms with Crippen LogP contribution in [0, 0.1) is 11.3 Å². The number of fused-ring (bicyclic) bond motifs is 3. The number of methoxy groups -OCH3 is 1. The number of amides is 1. The van der Waals surface area contributed by atoms with Gasteiger partial charge >= 0.3 is 0 Å². The summed E-state index contributed by atoms with van der Waals surface area (Å²) in [4.78, 5) is 12.6. The maximum atomic E-state index is 12.6. The topological polar surface area (TPSA) is 67.0 Å². The summed E-state index contributed by atoms with van der Waals surface area (Å²) in [5.41, 5.74) is 3.57. The van der Waals surface area contributed by atoms with Crippen LogP contribution in [0.3, 0.4) is 0 Å². The first-order valence-corrected chi connectivity index (χ1v) is 9.15. The average Bonchev–Trinajstić information content (AvgIpc) is 3.04. The molecule has 5 nitrogen and oxygen atoms in total. The number of rotatable bonds is 4. The lowest BCUT2D eigenvalue weighted by Gasteiger charge is -2.09. The number of nitrogens with zero attached hydrogens (tertiary/aromatic N) is 2. The largest absolute Gasteiger partial charge is 0.495 e. The lowest BCUT2D eigenvalue weighted by atomic mass is 10.1. The first kappa shape index (κ1) is 18.3. The molecule has 0 aliphatic rings. The first-order valence-electron chi connectivity index (χ1n) is 9.15. The molecule has 0 atom stereocenters. The van der Waals surface area contributed by atoms with Crippen molar-refractivity contribution in [3.63, 3.8) is 0 Å². The molecule has 142 valence electrons. The number of hydrogen-bond donors (Lipinski definition) is 1. The van der Waals surface area contributed by atoms with Gasteiger partial charge in [-0.25, -0.2) is 0 Å². The Morgan fingerprint density at radius 3 is 2.55 bits per heavy atom. The van der Waals surface area contributed by atoms with Gasteiger partial charge in [-0.05, 0) is 42.0 Å². The van der Waals surface area contributed by atoms with Crippen LogP contribution in [0.15, 0.2) is 72.3 Å². The van der Waals surface area contributed by atoms with E-state index in [9.17, 15) is 10.1 Å². The van der Waals surface area contributed by atoms with Gasteiger partial charge in [0.1, 0.15) is 17.4 Å². The maximum Gasteiger partial charge on any atom is 0.266 e. The fraction of sp³-hybridized carbons (Fsp3) is 0.0833. The third-order valence-corrected chi connectivity index (χ3v) is 4.97. The zero-order chi connectivity index (χ0) is 20.4. The zero-order valence-electron chi connectivity index (χ0n) is 16.1. The second-order valence-corrected chi connectivity index (χ2v) is 6.68. The molecule has 1 amide bonds. The highest BCUT2D eigenvalue weighted by Crippen LogP contribution is 2.29.